The van der Waals surface area contributed by atoms with E-state index in [4.69, 9.17) is 9.47 Å². The zero-order valence-electron chi connectivity index (χ0n) is 12.2. The van der Waals surface area contributed by atoms with Gasteiger partial charge in [0, 0.05) is 0 Å². The van der Waals surface area contributed by atoms with E-state index >= 15 is 0 Å². The summed E-state index contributed by atoms with van der Waals surface area (Å²) in [5.74, 6) is 1.68. The maximum absolute atomic E-state index is 11.8. The monoisotopic (exact) mass is 518 g/mol. The number of ether oxygens (including phenoxy) is 2. The number of carbonyl (C=O) groups is 1. The van der Waals surface area contributed by atoms with Crippen molar-refractivity contribution in [3.63, 3.8) is 0 Å². The SMILES string of the molecule is CC1CC2(COCOC(=O)C(I)C3N[I-]3)CC3CC3(C1)C2. The zero-order chi connectivity index (χ0) is 14.7. The zero-order valence-corrected chi connectivity index (χ0v) is 16.6. The fourth-order valence-electron chi connectivity index (χ4n) is 5.13. The van der Waals surface area contributed by atoms with Crippen LogP contribution in [0.2, 0.25) is 0 Å². The summed E-state index contributed by atoms with van der Waals surface area (Å²) in [5.41, 5.74) is 1.08. The van der Waals surface area contributed by atoms with Crippen LogP contribution >= 0.6 is 22.6 Å². The van der Waals surface area contributed by atoms with Crippen molar-refractivity contribution >= 4 is 28.6 Å². The molecule has 0 radical (unpaired) electrons. The Hall–Kier alpha value is 0.850. The Morgan fingerprint density at radius 2 is 2.24 bits per heavy atom. The molecule has 6 unspecified atom stereocenters. The Labute approximate surface area is 150 Å². The minimum absolute atomic E-state index is 0.0331. The van der Waals surface area contributed by atoms with Crippen LogP contribution in [0.4, 0.5) is 0 Å². The van der Waals surface area contributed by atoms with Crippen molar-refractivity contribution in [3.05, 3.63) is 0 Å². The third-order valence-corrected chi connectivity index (χ3v) is 10.4. The second-order valence-corrected chi connectivity index (χ2v) is 11.5. The number of rotatable bonds is 6. The van der Waals surface area contributed by atoms with Crippen LogP contribution in [0.25, 0.3) is 0 Å². The van der Waals surface area contributed by atoms with Gasteiger partial charge in [-0.05, 0) is 0 Å². The van der Waals surface area contributed by atoms with Gasteiger partial charge in [0.1, 0.15) is 0 Å². The van der Waals surface area contributed by atoms with Gasteiger partial charge in [0.05, 0.1) is 0 Å². The third kappa shape index (κ3) is 2.98. The summed E-state index contributed by atoms with van der Waals surface area (Å²) in [6.07, 6.45) is 6.89. The molecule has 6 heteroatoms. The molecule has 3 aliphatic carbocycles. The summed E-state index contributed by atoms with van der Waals surface area (Å²) in [6, 6.07) is 0. The molecule has 1 spiro atoms. The second-order valence-electron chi connectivity index (χ2n) is 7.61. The van der Waals surface area contributed by atoms with Gasteiger partial charge in [0.25, 0.3) is 0 Å². The van der Waals surface area contributed by atoms with Crippen molar-refractivity contribution in [2.75, 3.05) is 13.4 Å². The van der Waals surface area contributed by atoms with E-state index in [-0.39, 0.29) is 38.2 Å². The summed E-state index contributed by atoms with van der Waals surface area (Å²) < 4.78 is 14.7. The molecular formula is C15H22I2NO3-. The van der Waals surface area contributed by atoms with E-state index < -0.39 is 0 Å². The predicted molar refractivity (Wildman–Crippen MR) is 82.2 cm³/mol. The van der Waals surface area contributed by atoms with Crippen molar-refractivity contribution in [2.24, 2.45) is 22.7 Å². The Bertz CT molecular complexity index is 454. The molecule has 0 aromatic rings. The Morgan fingerprint density at radius 1 is 1.43 bits per heavy atom. The summed E-state index contributed by atoms with van der Waals surface area (Å²) in [5, 5.41) is 0. The Morgan fingerprint density at radius 3 is 3.00 bits per heavy atom. The molecule has 4 fully saturated rings. The van der Waals surface area contributed by atoms with Crippen LogP contribution in [0.15, 0.2) is 0 Å². The molecule has 1 saturated heterocycles. The molecule has 3 saturated carbocycles. The van der Waals surface area contributed by atoms with Gasteiger partial charge in [0.2, 0.25) is 0 Å². The van der Waals surface area contributed by atoms with Crippen LogP contribution in [-0.4, -0.2) is 27.3 Å². The molecular weight excluding hydrogens is 496 g/mol. The van der Waals surface area contributed by atoms with E-state index in [1.165, 1.54) is 32.1 Å². The van der Waals surface area contributed by atoms with Gasteiger partial charge in [-0.25, -0.2) is 0 Å². The van der Waals surface area contributed by atoms with Crippen molar-refractivity contribution in [1.29, 1.82) is 0 Å². The number of esters is 1. The van der Waals surface area contributed by atoms with E-state index in [0.717, 1.165) is 18.4 Å². The molecule has 2 bridgehead atoms. The minimum atomic E-state index is -0.120. The summed E-state index contributed by atoms with van der Waals surface area (Å²) >= 11 is 2.24. The van der Waals surface area contributed by atoms with Gasteiger partial charge in [0.15, 0.2) is 0 Å². The van der Waals surface area contributed by atoms with Crippen molar-refractivity contribution < 1.29 is 35.7 Å². The molecule has 4 aliphatic rings. The number of halogens is 2. The quantitative estimate of drug-likeness (QED) is 0.0751. The second kappa shape index (κ2) is 5.44. The maximum atomic E-state index is 11.8. The molecule has 21 heavy (non-hydrogen) atoms. The molecule has 120 valence electrons. The third-order valence-electron chi connectivity index (χ3n) is 5.71. The van der Waals surface area contributed by atoms with E-state index in [1.54, 1.807) is 0 Å². The van der Waals surface area contributed by atoms with Crippen molar-refractivity contribution in [1.82, 2.24) is 3.53 Å². The molecule has 0 aromatic heterocycles. The number of alkyl halides is 2. The summed E-state index contributed by atoms with van der Waals surface area (Å²) in [6.45, 7) is 3.31. The van der Waals surface area contributed by atoms with Gasteiger partial charge in [-0.3, -0.25) is 0 Å². The first kappa shape index (κ1) is 15.4. The Kier molecular flexibility index (Phi) is 3.99. The summed E-state index contributed by atoms with van der Waals surface area (Å²) in [4.78, 5) is 11.8. The molecule has 1 aliphatic heterocycles. The first-order valence-electron chi connectivity index (χ1n) is 7.78. The molecule has 0 amide bonds. The van der Waals surface area contributed by atoms with Crippen LogP contribution in [0.1, 0.15) is 39.0 Å². The number of fused-ring (bicyclic) bond motifs is 1. The van der Waals surface area contributed by atoms with Crippen LogP contribution in [0.5, 0.6) is 0 Å². The van der Waals surface area contributed by atoms with Crippen LogP contribution in [0, 0.1) is 22.7 Å². The van der Waals surface area contributed by atoms with Gasteiger partial charge in [-0.2, -0.15) is 0 Å². The van der Waals surface area contributed by atoms with Gasteiger partial charge >= 0.3 is 151 Å². The van der Waals surface area contributed by atoms with Crippen LogP contribution in [-0.2, 0) is 14.3 Å². The van der Waals surface area contributed by atoms with E-state index in [9.17, 15) is 4.79 Å². The molecule has 4 rings (SSSR count). The van der Waals surface area contributed by atoms with Crippen molar-refractivity contribution in [3.8, 4) is 0 Å². The fraction of sp³-hybridized carbons (Fsp3) is 0.933. The van der Waals surface area contributed by atoms with E-state index in [1.807, 2.05) is 0 Å². The van der Waals surface area contributed by atoms with Gasteiger partial charge in [-0.15, -0.1) is 0 Å². The normalized spacial score (nSPS) is 48.0. The topological polar surface area (TPSA) is 57.5 Å². The van der Waals surface area contributed by atoms with Crippen LogP contribution in [0.3, 0.4) is 0 Å². The van der Waals surface area contributed by atoms with Gasteiger partial charge < -0.3 is 0 Å². The number of nitrogens with one attached hydrogen (secondary N) is 1. The number of hydrogen-bond donors (Lipinski definition) is 1. The standard InChI is InChI=1S/C15H22I2NO3/c1-9-2-14(4-10-5-15(10,3-9)6-14)7-20-8-21-13(19)11(16)12-17-18-12/h9-12,18H,2-8H2,1H3/q-1. The first-order valence-corrected chi connectivity index (χ1v) is 11.4. The molecule has 6 atom stereocenters. The summed E-state index contributed by atoms with van der Waals surface area (Å²) in [7, 11) is 0. The Balaban J connectivity index is 1.23. The average Bonchev–Trinajstić information content (AvgIpc) is 3.32. The predicted octanol–water partition coefficient (Wildman–Crippen LogP) is -0.543. The molecule has 4 nitrogen and oxygen atoms in total. The fourth-order valence-corrected chi connectivity index (χ4v) is 8.27. The molecule has 0 aromatic carbocycles. The number of hydrogen-bond acceptors (Lipinski definition) is 4. The van der Waals surface area contributed by atoms with E-state index in [2.05, 4.69) is 33.0 Å². The average molecular weight is 518 g/mol. The van der Waals surface area contributed by atoms with E-state index in [0.29, 0.717) is 14.9 Å². The number of carbonyl (C=O) groups excluding carboxylic acids is 1. The van der Waals surface area contributed by atoms with Crippen LogP contribution < -0.4 is 25.0 Å². The first-order chi connectivity index (χ1) is 10.0. The molecule has 1 N–H and O–H groups in total. The van der Waals surface area contributed by atoms with Gasteiger partial charge in [-0.1, -0.05) is 0 Å². The van der Waals surface area contributed by atoms with Crippen molar-refractivity contribution in [2.45, 2.75) is 47.0 Å². The molecule has 1 heterocycles.